The molecule has 0 unspecified atom stereocenters. The molecule has 0 amide bonds. The van der Waals surface area contributed by atoms with Crippen molar-refractivity contribution in [2.24, 2.45) is 0 Å². The van der Waals surface area contributed by atoms with E-state index >= 15 is 0 Å². The zero-order chi connectivity index (χ0) is 34.8. The summed E-state index contributed by atoms with van der Waals surface area (Å²) in [6.45, 7) is 20.7. The van der Waals surface area contributed by atoms with Crippen molar-refractivity contribution in [1.82, 2.24) is 0 Å². The Labute approximate surface area is 283 Å². The standard InChI is InChI=1S/C44H62O2/c1-36(2)20-14-22-38(4)24-16-26-39(5)25-15-23-37(3)21-12-13-31-43(34-33-42(8)45)32-18-29-40(6)27-17-28-41(7)30-19-35-44(9,10)46-11/h12-13,15-18,20-21,23-29,31-34H,14,19,22,30,35H2,1-11H3. The van der Waals surface area contributed by atoms with Crippen molar-refractivity contribution in [3.63, 3.8) is 0 Å². The fraction of sp³-hybridized carbons (Fsp3) is 0.386. The molecular formula is C44H62O2. The molecule has 0 atom stereocenters. The van der Waals surface area contributed by atoms with Gasteiger partial charge in [-0.05, 0) is 113 Å². The van der Waals surface area contributed by atoms with Gasteiger partial charge in [-0.1, -0.05) is 143 Å². The predicted molar refractivity (Wildman–Crippen MR) is 206 cm³/mol. The molecule has 0 bridgehead atoms. The molecule has 0 N–H and O–H groups in total. The molecule has 0 rings (SSSR count). The van der Waals surface area contributed by atoms with E-state index in [2.05, 4.69) is 135 Å². The van der Waals surface area contributed by atoms with Gasteiger partial charge in [0.05, 0.1) is 5.60 Å². The molecule has 2 nitrogen and oxygen atoms in total. The highest BCUT2D eigenvalue weighted by molar-refractivity contribution is 5.87. The normalized spacial score (nSPS) is 15.3. The van der Waals surface area contributed by atoms with Crippen LogP contribution in [0.3, 0.4) is 0 Å². The van der Waals surface area contributed by atoms with E-state index in [-0.39, 0.29) is 11.4 Å². The Bertz CT molecular complexity index is 1330. The maximum Gasteiger partial charge on any atom is 0.152 e. The number of hydrogen-bond acceptors (Lipinski definition) is 2. The van der Waals surface area contributed by atoms with Gasteiger partial charge in [0.1, 0.15) is 0 Å². The highest BCUT2D eigenvalue weighted by Crippen LogP contribution is 2.19. The Morgan fingerprint density at radius 1 is 0.565 bits per heavy atom. The van der Waals surface area contributed by atoms with E-state index in [4.69, 9.17) is 4.74 Å². The third kappa shape index (κ3) is 26.6. The summed E-state index contributed by atoms with van der Waals surface area (Å²) in [5, 5.41) is 0. The van der Waals surface area contributed by atoms with E-state index in [0.29, 0.717) is 0 Å². The maximum absolute atomic E-state index is 11.5. The minimum absolute atomic E-state index is 0.0237. The van der Waals surface area contributed by atoms with Gasteiger partial charge < -0.3 is 4.74 Å². The minimum atomic E-state index is -0.0605. The van der Waals surface area contributed by atoms with Crippen LogP contribution in [0.4, 0.5) is 0 Å². The summed E-state index contributed by atoms with van der Waals surface area (Å²) in [5.74, 6) is 0.0237. The molecule has 0 fully saturated rings. The average Bonchev–Trinajstić information content (AvgIpc) is 2.97. The summed E-state index contributed by atoms with van der Waals surface area (Å²) in [4.78, 5) is 11.5. The Hall–Kier alpha value is -3.75. The number of rotatable bonds is 20. The lowest BCUT2D eigenvalue weighted by atomic mass is 9.99. The molecule has 0 heterocycles. The first kappa shape index (κ1) is 42.2. The topological polar surface area (TPSA) is 26.3 Å². The zero-order valence-electron chi connectivity index (χ0n) is 30.8. The maximum atomic E-state index is 11.5. The van der Waals surface area contributed by atoms with Gasteiger partial charge >= 0.3 is 0 Å². The van der Waals surface area contributed by atoms with Crippen LogP contribution in [0.2, 0.25) is 0 Å². The molecule has 0 aliphatic carbocycles. The first-order valence-electron chi connectivity index (χ1n) is 16.5. The van der Waals surface area contributed by atoms with Gasteiger partial charge in [0.2, 0.25) is 0 Å². The molecule has 0 spiro atoms. The molecule has 0 saturated heterocycles. The largest absolute Gasteiger partial charge is 0.379 e. The monoisotopic (exact) mass is 622 g/mol. The second-order valence-electron chi connectivity index (χ2n) is 12.8. The van der Waals surface area contributed by atoms with Crippen LogP contribution < -0.4 is 0 Å². The zero-order valence-corrected chi connectivity index (χ0v) is 30.8. The molecule has 46 heavy (non-hydrogen) atoms. The number of carbonyl (C=O) groups excluding carboxylic acids is 1. The second kappa shape index (κ2) is 25.4. The van der Waals surface area contributed by atoms with Crippen molar-refractivity contribution in [3.8, 4) is 0 Å². The molecule has 0 radical (unpaired) electrons. The van der Waals surface area contributed by atoms with Gasteiger partial charge in [0.25, 0.3) is 0 Å². The molecule has 0 aromatic carbocycles. The molecule has 0 aliphatic rings. The number of carbonyl (C=O) groups is 1. The Morgan fingerprint density at radius 2 is 1.04 bits per heavy atom. The molecule has 0 aliphatic heterocycles. The summed E-state index contributed by atoms with van der Waals surface area (Å²) in [6.07, 6.45) is 44.5. The third-order valence-corrected chi connectivity index (χ3v) is 7.11. The average molecular weight is 623 g/mol. The Balaban J connectivity index is 5.20. The molecule has 0 aromatic heterocycles. The lowest BCUT2D eigenvalue weighted by molar-refractivity contribution is -0.112. The Morgan fingerprint density at radius 3 is 1.57 bits per heavy atom. The van der Waals surface area contributed by atoms with Gasteiger partial charge in [-0.25, -0.2) is 0 Å². The minimum Gasteiger partial charge on any atom is -0.379 e. The number of allylic oxidation sites excluding steroid dienone is 26. The van der Waals surface area contributed by atoms with Crippen LogP contribution >= 0.6 is 0 Å². The van der Waals surface area contributed by atoms with Crippen molar-refractivity contribution in [1.29, 1.82) is 0 Å². The van der Waals surface area contributed by atoms with Crippen molar-refractivity contribution < 1.29 is 9.53 Å². The quantitative estimate of drug-likeness (QED) is 0.0767. The second-order valence-corrected chi connectivity index (χ2v) is 12.8. The molecule has 0 saturated carbocycles. The van der Waals surface area contributed by atoms with Crippen LogP contribution in [-0.2, 0) is 9.53 Å². The fourth-order valence-electron chi connectivity index (χ4n) is 3.96. The van der Waals surface area contributed by atoms with E-state index in [0.717, 1.165) is 48.8 Å². The number of hydrogen-bond donors (Lipinski definition) is 0. The number of methoxy groups -OCH3 is 1. The third-order valence-electron chi connectivity index (χ3n) is 7.11. The number of ether oxygens (including phenoxy) is 1. The summed E-state index contributed by atoms with van der Waals surface area (Å²) in [5.41, 5.74) is 8.52. The Kier molecular flexibility index (Phi) is 23.4. The lowest BCUT2D eigenvalue weighted by Crippen LogP contribution is -2.21. The SMILES string of the molecule is COC(C)(C)CCCC(C)=CC=CC(C)=CC=CC(C=CC(C)=O)=CC=CC=C(C)C=CC=C(C)C=CC=C(C)CCC=C(C)C. The van der Waals surface area contributed by atoms with E-state index in [1.165, 1.54) is 22.3 Å². The van der Waals surface area contributed by atoms with Crippen LogP contribution in [0.15, 0.2) is 154 Å². The molecule has 0 aromatic rings. The van der Waals surface area contributed by atoms with E-state index in [1.54, 1.807) is 20.1 Å². The van der Waals surface area contributed by atoms with Crippen molar-refractivity contribution in [3.05, 3.63) is 154 Å². The summed E-state index contributed by atoms with van der Waals surface area (Å²) in [7, 11) is 1.78. The van der Waals surface area contributed by atoms with E-state index in [1.807, 2.05) is 36.5 Å². The van der Waals surface area contributed by atoms with Crippen molar-refractivity contribution >= 4 is 5.78 Å². The van der Waals surface area contributed by atoms with Crippen molar-refractivity contribution in [2.75, 3.05) is 7.11 Å². The van der Waals surface area contributed by atoms with Gasteiger partial charge in [0, 0.05) is 7.11 Å². The lowest BCUT2D eigenvalue weighted by Gasteiger charge is -2.22. The number of ketones is 1. The van der Waals surface area contributed by atoms with Gasteiger partial charge in [-0.2, -0.15) is 0 Å². The molecule has 250 valence electrons. The van der Waals surface area contributed by atoms with Gasteiger partial charge in [-0.3, -0.25) is 4.79 Å². The predicted octanol–water partition coefficient (Wildman–Crippen LogP) is 12.9. The van der Waals surface area contributed by atoms with Crippen LogP contribution in [0.25, 0.3) is 0 Å². The smallest absolute Gasteiger partial charge is 0.152 e. The van der Waals surface area contributed by atoms with Gasteiger partial charge in [0.15, 0.2) is 5.78 Å². The van der Waals surface area contributed by atoms with E-state index < -0.39 is 0 Å². The van der Waals surface area contributed by atoms with Crippen LogP contribution in [0.5, 0.6) is 0 Å². The molecule has 2 heteroatoms. The summed E-state index contributed by atoms with van der Waals surface area (Å²) >= 11 is 0. The fourth-order valence-corrected chi connectivity index (χ4v) is 3.96. The highest BCUT2D eigenvalue weighted by atomic mass is 16.5. The first-order valence-corrected chi connectivity index (χ1v) is 16.5. The first-order chi connectivity index (χ1) is 21.7. The molecular weight excluding hydrogens is 560 g/mol. The van der Waals surface area contributed by atoms with Crippen molar-refractivity contribution in [2.45, 2.75) is 107 Å². The highest BCUT2D eigenvalue weighted by Gasteiger charge is 2.14. The van der Waals surface area contributed by atoms with Gasteiger partial charge in [-0.15, -0.1) is 0 Å². The summed E-state index contributed by atoms with van der Waals surface area (Å²) in [6, 6.07) is 0. The summed E-state index contributed by atoms with van der Waals surface area (Å²) < 4.78 is 5.51. The van der Waals surface area contributed by atoms with Crippen LogP contribution in [-0.4, -0.2) is 18.5 Å². The van der Waals surface area contributed by atoms with E-state index in [9.17, 15) is 4.79 Å². The van der Waals surface area contributed by atoms with Crippen LogP contribution in [0, 0.1) is 0 Å². The van der Waals surface area contributed by atoms with Crippen LogP contribution in [0.1, 0.15) is 101 Å².